The molecule has 7 heteroatoms. The van der Waals surface area contributed by atoms with Gasteiger partial charge in [-0.05, 0) is 56.3 Å². The van der Waals surface area contributed by atoms with Crippen molar-refractivity contribution in [2.24, 2.45) is 11.3 Å². The molecule has 2 fully saturated rings. The summed E-state index contributed by atoms with van der Waals surface area (Å²) in [6.07, 6.45) is 4.12. The first-order valence-electron chi connectivity index (χ1n) is 8.56. The van der Waals surface area contributed by atoms with Crippen molar-refractivity contribution in [2.75, 3.05) is 38.1 Å². The number of para-hydroxylation sites is 1. The fraction of sp³-hybridized carbons (Fsp3) is 0.611. The molecule has 3 rings (SSSR count). The number of amides is 1. The predicted octanol–water partition coefficient (Wildman–Crippen LogP) is 3.00. The fourth-order valence-electron chi connectivity index (χ4n) is 3.73. The van der Waals surface area contributed by atoms with E-state index >= 15 is 0 Å². The van der Waals surface area contributed by atoms with Crippen molar-refractivity contribution in [1.29, 1.82) is 0 Å². The van der Waals surface area contributed by atoms with Crippen LogP contribution in [0.1, 0.15) is 25.7 Å². The van der Waals surface area contributed by atoms with Crippen molar-refractivity contribution >= 4 is 36.4 Å². The van der Waals surface area contributed by atoms with Gasteiger partial charge in [0, 0.05) is 26.1 Å². The van der Waals surface area contributed by atoms with Crippen molar-refractivity contribution in [3.63, 3.8) is 0 Å². The number of hydrogen-bond donors (Lipinski definition) is 2. The zero-order chi connectivity index (χ0) is 16.3. The van der Waals surface area contributed by atoms with Crippen LogP contribution < -0.4 is 15.5 Å². The molecule has 4 nitrogen and oxygen atoms in total. The maximum absolute atomic E-state index is 13.7. The molecule has 1 saturated carbocycles. The fourth-order valence-corrected chi connectivity index (χ4v) is 3.73. The molecule has 1 amide bonds. The van der Waals surface area contributed by atoms with Crippen molar-refractivity contribution in [2.45, 2.75) is 25.7 Å². The molecule has 2 aliphatic rings. The molecule has 0 aromatic heterocycles. The van der Waals surface area contributed by atoms with E-state index in [1.165, 1.54) is 6.07 Å². The Morgan fingerprint density at radius 3 is 2.68 bits per heavy atom. The number of benzene rings is 1. The average Bonchev–Trinajstić information content (AvgIpc) is 3.25. The maximum Gasteiger partial charge on any atom is 0.223 e. The average molecular weight is 392 g/mol. The third kappa shape index (κ3) is 5.22. The first-order chi connectivity index (χ1) is 11.1. The van der Waals surface area contributed by atoms with Gasteiger partial charge < -0.3 is 15.5 Å². The Labute approximate surface area is 161 Å². The van der Waals surface area contributed by atoms with E-state index < -0.39 is 0 Å². The van der Waals surface area contributed by atoms with Gasteiger partial charge in [-0.2, -0.15) is 0 Å². The predicted molar refractivity (Wildman–Crippen MR) is 104 cm³/mol. The monoisotopic (exact) mass is 391 g/mol. The summed E-state index contributed by atoms with van der Waals surface area (Å²) >= 11 is 0. The van der Waals surface area contributed by atoms with E-state index in [2.05, 4.69) is 10.6 Å². The van der Waals surface area contributed by atoms with Crippen LogP contribution in [-0.2, 0) is 4.79 Å². The summed E-state index contributed by atoms with van der Waals surface area (Å²) in [5.41, 5.74) is 0.897. The van der Waals surface area contributed by atoms with Gasteiger partial charge in [0.1, 0.15) is 5.82 Å². The van der Waals surface area contributed by atoms with Crippen LogP contribution in [0.5, 0.6) is 0 Å². The molecule has 1 unspecified atom stereocenters. The second kappa shape index (κ2) is 9.60. The molecular weight excluding hydrogens is 364 g/mol. The Bertz CT molecular complexity index is 567. The van der Waals surface area contributed by atoms with E-state index in [-0.39, 0.29) is 42.5 Å². The molecule has 1 spiro atoms. The Hall–Kier alpha value is -1.04. The highest BCUT2D eigenvalue weighted by Gasteiger charge is 2.57. The Balaban J connectivity index is 0.00000156. The maximum atomic E-state index is 13.7. The smallest absolute Gasteiger partial charge is 0.223 e. The molecule has 1 heterocycles. The lowest BCUT2D eigenvalue weighted by atomic mass is 9.92. The van der Waals surface area contributed by atoms with E-state index in [1.54, 1.807) is 12.1 Å². The minimum absolute atomic E-state index is 0. The molecule has 1 aliphatic carbocycles. The van der Waals surface area contributed by atoms with E-state index in [1.807, 2.05) is 18.0 Å². The standard InChI is InChI=1S/C18H26FN3O.2ClH/c1-22(16-6-3-2-5-15(16)19)12-4-9-21-17(23)14-13-18(14)7-10-20-11-8-18;;/h2-3,5-6,14,20H,4,7-13H2,1H3,(H,21,23);2*1H. The highest BCUT2D eigenvalue weighted by atomic mass is 35.5. The molecular formula is C18H28Cl2FN3O. The zero-order valence-corrected chi connectivity index (χ0v) is 16.2. The quantitative estimate of drug-likeness (QED) is 0.732. The zero-order valence-electron chi connectivity index (χ0n) is 14.6. The normalized spacial score (nSPS) is 20.2. The molecule has 1 atom stereocenters. The lowest BCUT2D eigenvalue weighted by Crippen LogP contribution is -2.34. The summed E-state index contributed by atoms with van der Waals surface area (Å²) in [6.45, 7) is 3.46. The van der Waals surface area contributed by atoms with Crippen LogP contribution in [0.4, 0.5) is 10.1 Å². The van der Waals surface area contributed by atoms with Gasteiger partial charge in [0.2, 0.25) is 5.91 Å². The van der Waals surface area contributed by atoms with Crippen molar-refractivity contribution in [1.82, 2.24) is 10.6 Å². The largest absolute Gasteiger partial charge is 0.372 e. The van der Waals surface area contributed by atoms with Gasteiger partial charge in [0.05, 0.1) is 5.69 Å². The number of rotatable bonds is 6. The molecule has 0 bridgehead atoms. The van der Waals surface area contributed by atoms with Gasteiger partial charge in [-0.15, -0.1) is 24.8 Å². The second-order valence-electron chi connectivity index (χ2n) is 6.89. The van der Waals surface area contributed by atoms with Crippen molar-refractivity contribution in [3.05, 3.63) is 30.1 Å². The highest BCUT2D eigenvalue weighted by Crippen LogP contribution is 2.58. The first kappa shape index (κ1) is 22.0. The summed E-state index contributed by atoms with van der Waals surface area (Å²) in [5.74, 6) is 0.221. The molecule has 2 N–H and O–H groups in total. The van der Waals surface area contributed by atoms with E-state index in [0.717, 1.165) is 45.3 Å². The van der Waals surface area contributed by atoms with Gasteiger partial charge in [-0.3, -0.25) is 4.79 Å². The van der Waals surface area contributed by atoms with Crippen molar-refractivity contribution < 1.29 is 9.18 Å². The van der Waals surface area contributed by atoms with E-state index in [4.69, 9.17) is 0 Å². The van der Waals surface area contributed by atoms with Crippen molar-refractivity contribution in [3.8, 4) is 0 Å². The Kier molecular flexibility index (Phi) is 8.45. The van der Waals surface area contributed by atoms with Crippen LogP contribution in [0.15, 0.2) is 24.3 Å². The van der Waals surface area contributed by atoms with Crippen LogP contribution in [0.25, 0.3) is 0 Å². The summed E-state index contributed by atoms with van der Waals surface area (Å²) in [7, 11) is 1.88. The molecule has 25 heavy (non-hydrogen) atoms. The number of anilines is 1. The number of nitrogens with one attached hydrogen (secondary N) is 2. The number of carbonyl (C=O) groups is 1. The number of carbonyl (C=O) groups excluding carboxylic acids is 1. The van der Waals surface area contributed by atoms with Gasteiger partial charge in [-0.1, -0.05) is 12.1 Å². The highest BCUT2D eigenvalue weighted by molar-refractivity contribution is 5.85. The van der Waals surface area contributed by atoms with Crippen LogP contribution in [0, 0.1) is 17.2 Å². The first-order valence-corrected chi connectivity index (χ1v) is 8.56. The van der Waals surface area contributed by atoms with E-state index in [9.17, 15) is 9.18 Å². The van der Waals surface area contributed by atoms with Gasteiger partial charge in [0.25, 0.3) is 0 Å². The van der Waals surface area contributed by atoms with Gasteiger partial charge in [-0.25, -0.2) is 4.39 Å². The van der Waals surface area contributed by atoms with Gasteiger partial charge in [0.15, 0.2) is 0 Å². The van der Waals surface area contributed by atoms with Crippen LogP contribution in [0.3, 0.4) is 0 Å². The number of hydrogen-bond acceptors (Lipinski definition) is 3. The molecule has 142 valence electrons. The molecule has 0 radical (unpaired) electrons. The van der Waals surface area contributed by atoms with E-state index in [0.29, 0.717) is 17.6 Å². The topological polar surface area (TPSA) is 44.4 Å². The molecule has 1 aliphatic heterocycles. The minimum atomic E-state index is -0.204. The minimum Gasteiger partial charge on any atom is -0.372 e. The third-order valence-electron chi connectivity index (χ3n) is 5.34. The number of nitrogens with zero attached hydrogens (tertiary/aromatic N) is 1. The second-order valence-corrected chi connectivity index (χ2v) is 6.89. The number of piperidine rings is 1. The lowest BCUT2D eigenvalue weighted by molar-refractivity contribution is -0.123. The van der Waals surface area contributed by atoms with Gasteiger partial charge >= 0.3 is 0 Å². The molecule has 1 saturated heterocycles. The summed E-state index contributed by atoms with van der Waals surface area (Å²) in [5, 5.41) is 6.41. The van der Waals surface area contributed by atoms with Crippen LogP contribution in [0.2, 0.25) is 0 Å². The summed E-state index contributed by atoms with van der Waals surface area (Å²) in [6, 6.07) is 6.78. The SMILES string of the molecule is CN(CCCNC(=O)C1CC12CCNCC2)c1ccccc1F.Cl.Cl. The summed E-state index contributed by atoms with van der Waals surface area (Å²) < 4.78 is 13.7. The number of halogens is 3. The molecule has 1 aromatic carbocycles. The Morgan fingerprint density at radius 1 is 1.32 bits per heavy atom. The van der Waals surface area contributed by atoms with Crippen LogP contribution in [-0.4, -0.2) is 39.1 Å². The Morgan fingerprint density at radius 2 is 2.00 bits per heavy atom. The van der Waals surface area contributed by atoms with Crippen LogP contribution >= 0.6 is 24.8 Å². The lowest BCUT2D eigenvalue weighted by Gasteiger charge is -2.23. The molecule has 1 aromatic rings. The third-order valence-corrected chi connectivity index (χ3v) is 5.34. The summed E-state index contributed by atoms with van der Waals surface area (Å²) in [4.78, 5) is 14.1.